The Kier molecular flexibility index (Phi) is 3.89. The van der Waals surface area contributed by atoms with E-state index in [0.29, 0.717) is 18.2 Å². The second kappa shape index (κ2) is 5.60. The summed E-state index contributed by atoms with van der Waals surface area (Å²) in [6.07, 6.45) is 1.80. The Morgan fingerprint density at radius 1 is 1.28 bits per heavy atom. The summed E-state index contributed by atoms with van der Waals surface area (Å²) in [7, 11) is 1.89. The lowest BCUT2D eigenvalue weighted by molar-refractivity contribution is 0.450. The Labute approximate surface area is 107 Å². The second-order valence-electron chi connectivity index (χ2n) is 4.20. The molecule has 4 nitrogen and oxygen atoms in total. The van der Waals surface area contributed by atoms with Crippen LogP contribution in [-0.4, -0.2) is 17.0 Å². The third-order valence-electron chi connectivity index (χ3n) is 2.52. The van der Waals surface area contributed by atoms with Gasteiger partial charge in [0, 0.05) is 18.3 Å². The minimum absolute atomic E-state index is 0.613. The maximum absolute atomic E-state index is 5.83. The van der Waals surface area contributed by atoms with Crippen LogP contribution in [0.2, 0.25) is 0 Å². The van der Waals surface area contributed by atoms with Gasteiger partial charge in [0.2, 0.25) is 5.88 Å². The number of nitrogens with zero attached hydrogens (tertiary/aromatic N) is 2. The van der Waals surface area contributed by atoms with Crippen molar-refractivity contribution in [2.45, 2.75) is 20.4 Å². The molecule has 4 heteroatoms. The molecule has 2 aromatic rings. The molecule has 0 radical (unpaired) electrons. The maximum Gasteiger partial charge on any atom is 0.227 e. The van der Waals surface area contributed by atoms with Crippen LogP contribution in [-0.2, 0) is 6.54 Å². The molecule has 2 rings (SSSR count). The fourth-order valence-corrected chi connectivity index (χ4v) is 1.66. The number of ether oxygens (including phenoxy) is 1. The van der Waals surface area contributed by atoms with Crippen molar-refractivity contribution < 1.29 is 4.74 Å². The summed E-state index contributed by atoms with van der Waals surface area (Å²) in [5, 5.41) is 3.08. The van der Waals surface area contributed by atoms with Crippen LogP contribution in [0, 0.1) is 13.8 Å². The van der Waals surface area contributed by atoms with Gasteiger partial charge in [-0.3, -0.25) is 0 Å². The van der Waals surface area contributed by atoms with Gasteiger partial charge in [-0.1, -0.05) is 12.1 Å². The molecule has 0 bridgehead atoms. The summed E-state index contributed by atoms with van der Waals surface area (Å²) < 4.78 is 5.83. The Morgan fingerprint density at radius 3 is 2.83 bits per heavy atom. The van der Waals surface area contributed by atoms with Crippen LogP contribution in [0.4, 0.5) is 0 Å². The molecule has 0 aliphatic heterocycles. The Hall–Kier alpha value is -1.94. The van der Waals surface area contributed by atoms with Gasteiger partial charge in [0.05, 0.1) is 0 Å². The van der Waals surface area contributed by atoms with Crippen molar-refractivity contribution in [1.82, 2.24) is 15.3 Å². The van der Waals surface area contributed by atoms with Crippen LogP contribution in [0.15, 0.2) is 30.5 Å². The van der Waals surface area contributed by atoms with E-state index in [0.717, 1.165) is 16.9 Å². The first-order valence-corrected chi connectivity index (χ1v) is 5.90. The van der Waals surface area contributed by atoms with Crippen molar-refractivity contribution in [3.8, 4) is 11.6 Å². The summed E-state index contributed by atoms with van der Waals surface area (Å²) >= 11 is 0. The zero-order valence-corrected chi connectivity index (χ0v) is 10.9. The first kappa shape index (κ1) is 12.5. The van der Waals surface area contributed by atoms with Gasteiger partial charge >= 0.3 is 0 Å². The highest BCUT2D eigenvalue weighted by Gasteiger charge is 2.07. The molecule has 1 N–H and O–H groups in total. The van der Waals surface area contributed by atoms with Gasteiger partial charge in [-0.2, -0.15) is 4.98 Å². The van der Waals surface area contributed by atoms with E-state index in [-0.39, 0.29) is 0 Å². The van der Waals surface area contributed by atoms with Gasteiger partial charge in [0.15, 0.2) is 0 Å². The second-order valence-corrected chi connectivity index (χ2v) is 4.20. The van der Waals surface area contributed by atoms with Gasteiger partial charge < -0.3 is 10.1 Å². The first-order valence-electron chi connectivity index (χ1n) is 5.90. The Morgan fingerprint density at radius 2 is 2.11 bits per heavy atom. The normalized spacial score (nSPS) is 10.4. The molecule has 0 aliphatic carbocycles. The van der Waals surface area contributed by atoms with Gasteiger partial charge in [0.1, 0.15) is 11.6 Å². The number of hydrogen-bond donors (Lipinski definition) is 1. The van der Waals surface area contributed by atoms with E-state index in [9.17, 15) is 0 Å². The monoisotopic (exact) mass is 243 g/mol. The van der Waals surface area contributed by atoms with E-state index < -0.39 is 0 Å². The highest BCUT2D eigenvalue weighted by atomic mass is 16.5. The Balaban J connectivity index is 2.29. The van der Waals surface area contributed by atoms with E-state index in [1.165, 1.54) is 0 Å². The summed E-state index contributed by atoms with van der Waals surface area (Å²) in [6, 6.07) is 7.91. The van der Waals surface area contributed by atoms with Crippen molar-refractivity contribution in [1.29, 1.82) is 0 Å². The number of aromatic nitrogens is 2. The molecule has 0 fully saturated rings. The van der Waals surface area contributed by atoms with E-state index >= 15 is 0 Å². The van der Waals surface area contributed by atoms with Gasteiger partial charge in [-0.25, -0.2) is 4.98 Å². The molecule has 1 heterocycles. The maximum atomic E-state index is 5.83. The van der Waals surface area contributed by atoms with E-state index in [4.69, 9.17) is 4.74 Å². The van der Waals surface area contributed by atoms with E-state index in [1.54, 1.807) is 6.20 Å². The van der Waals surface area contributed by atoms with Crippen molar-refractivity contribution in [3.63, 3.8) is 0 Å². The molecule has 0 saturated heterocycles. The van der Waals surface area contributed by atoms with E-state index in [2.05, 4.69) is 15.3 Å². The molecule has 0 atom stereocenters. The zero-order chi connectivity index (χ0) is 13.0. The van der Waals surface area contributed by atoms with Crippen LogP contribution in [0.3, 0.4) is 0 Å². The lowest BCUT2D eigenvalue weighted by atomic mass is 10.2. The molecule has 94 valence electrons. The lowest BCUT2D eigenvalue weighted by Crippen LogP contribution is -2.08. The van der Waals surface area contributed by atoms with Crippen molar-refractivity contribution in [2.75, 3.05) is 7.05 Å². The predicted molar refractivity (Wildman–Crippen MR) is 70.8 cm³/mol. The van der Waals surface area contributed by atoms with E-state index in [1.807, 2.05) is 45.2 Å². The average molecular weight is 243 g/mol. The predicted octanol–water partition coefficient (Wildman–Crippen LogP) is 2.61. The topological polar surface area (TPSA) is 47.0 Å². The van der Waals surface area contributed by atoms with Gasteiger partial charge in [-0.05, 0) is 38.6 Å². The molecule has 18 heavy (non-hydrogen) atoms. The quantitative estimate of drug-likeness (QED) is 0.896. The van der Waals surface area contributed by atoms with Gasteiger partial charge in [-0.15, -0.1) is 0 Å². The molecule has 0 aliphatic rings. The van der Waals surface area contributed by atoms with Crippen LogP contribution in [0.25, 0.3) is 0 Å². The fraction of sp³-hybridized carbons (Fsp3) is 0.286. The number of hydrogen-bond acceptors (Lipinski definition) is 4. The average Bonchev–Trinajstić information content (AvgIpc) is 2.33. The summed E-state index contributed by atoms with van der Waals surface area (Å²) in [5.74, 6) is 2.12. The van der Waals surface area contributed by atoms with Crippen molar-refractivity contribution in [3.05, 3.63) is 47.4 Å². The number of benzene rings is 1. The van der Waals surface area contributed by atoms with Crippen LogP contribution in [0.1, 0.15) is 17.0 Å². The summed E-state index contributed by atoms with van der Waals surface area (Å²) in [6.45, 7) is 4.57. The third kappa shape index (κ3) is 3.05. The fourth-order valence-electron chi connectivity index (χ4n) is 1.66. The smallest absolute Gasteiger partial charge is 0.227 e. The standard InChI is InChI=1S/C14H17N3O/c1-10-5-4-6-13(7-10)18-14-12(8-15-3)9-16-11(2)17-14/h4-7,9,15H,8H2,1-3H3. The van der Waals surface area contributed by atoms with Crippen LogP contribution < -0.4 is 10.1 Å². The first-order chi connectivity index (χ1) is 8.69. The molecular formula is C14H17N3O. The molecule has 0 unspecified atom stereocenters. The largest absolute Gasteiger partial charge is 0.439 e. The summed E-state index contributed by atoms with van der Waals surface area (Å²) in [4.78, 5) is 8.53. The van der Waals surface area contributed by atoms with Crippen molar-refractivity contribution >= 4 is 0 Å². The zero-order valence-electron chi connectivity index (χ0n) is 10.9. The highest BCUT2D eigenvalue weighted by Crippen LogP contribution is 2.23. The highest BCUT2D eigenvalue weighted by molar-refractivity contribution is 5.33. The lowest BCUT2D eigenvalue weighted by Gasteiger charge is -2.10. The molecule has 1 aromatic heterocycles. The molecular weight excluding hydrogens is 226 g/mol. The number of nitrogens with one attached hydrogen (secondary N) is 1. The minimum Gasteiger partial charge on any atom is -0.439 e. The Bertz CT molecular complexity index is 540. The minimum atomic E-state index is 0.613. The molecule has 0 amide bonds. The SMILES string of the molecule is CNCc1cnc(C)nc1Oc1cccc(C)c1. The third-order valence-corrected chi connectivity index (χ3v) is 2.52. The van der Waals surface area contributed by atoms with Gasteiger partial charge in [0.25, 0.3) is 0 Å². The van der Waals surface area contributed by atoms with Crippen molar-refractivity contribution in [2.24, 2.45) is 0 Å². The molecule has 0 spiro atoms. The molecule has 1 aromatic carbocycles. The molecule has 0 saturated carbocycles. The van der Waals surface area contributed by atoms with Crippen LogP contribution >= 0.6 is 0 Å². The number of rotatable bonds is 4. The number of aryl methyl sites for hydroxylation is 2. The van der Waals surface area contributed by atoms with Crippen LogP contribution in [0.5, 0.6) is 11.6 Å². The summed E-state index contributed by atoms with van der Waals surface area (Å²) in [5.41, 5.74) is 2.11.